The van der Waals surface area contributed by atoms with Crippen molar-refractivity contribution in [3.63, 3.8) is 0 Å². The summed E-state index contributed by atoms with van der Waals surface area (Å²) in [6.45, 7) is 6.45. The normalized spacial score (nSPS) is 12.4. The molecule has 1 atom stereocenters. The summed E-state index contributed by atoms with van der Waals surface area (Å²) in [6, 6.07) is 0. The van der Waals surface area contributed by atoms with Gasteiger partial charge in [-0.1, -0.05) is 300 Å². The number of hydrogen-bond acceptors (Lipinski definition) is 6. The number of carbonyl (C=O) groups excluding carboxylic acids is 3. The first-order chi connectivity index (χ1) is 35.5. The third kappa shape index (κ3) is 58.0. The van der Waals surface area contributed by atoms with Crippen molar-refractivity contribution in [3.8, 4) is 0 Å². The van der Waals surface area contributed by atoms with Gasteiger partial charge in [-0.25, -0.2) is 0 Å². The van der Waals surface area contributed by atoms with Crippen molar-refractivity contribution in [1.29, 1.82) is 0 Å². The van der Waals surface area contributed by atoms with Crippen LogP contribution < -0.4 is 0 Å². The Kier molecular flexibility index (Phi) is 58.2. The SMILES string of the molecule is CC/C=C\C/C=C\C/C=C\C/C=C\CCC(=O)OC(COC(=O)CCCCCCC/C=C\CCCC)COC(=O)CCCCCCCCCCCCCCCCCCCCCCCCCCCCCCCC. The van der Waals surface area contributed by atoms with Crippen molar-refractivity contribution >= 4 is 17.9 Å². The van der Waals surface area contributed by atoms with E-state index in [0.717, 1.165) is 77.0 Å². The van der Waals surface area contributed by atoms with E-state index in [-0.39, 0.29) is 37.5 Å². The first kappa shape index (κ1) is 69.1. The maximum Gasteiger partial charge on any atom is 0.306 e. The second-order valence-electron chi connectivity index (χ2n) is 20.9. The van der Waals surface area contributed by atoms with Gasteiger partial charge in [0.05, 0.1) is 0 Å². The van der Waals surface area contributed by atoms with Crippen LogP contribution in [0, 0.1) is 0 Å². The van der Waals surface area contributed by atoms with Gasteiger partial charge in [0.1, 0.15) is 13.2 Å². The van der Waals surface area contributed by atoms with Gasteiger partial charge in [-0.3, -0.25) is 14.4 Å². The molecule has 0 bridgehead atoms. The van der Waals surface area contributed by atoms with Crippen LogP contribution in [0.15, 0.2) is 60.8 Å². The van der Waals surface area contributed by atoms with E-state index in [9.17, 15) is 14.4 Å². The van der Waals surface area contributed by atoms with Gasteiger partial charge in [0.15, 0.2) is 6.10 Å². The number of ether oxygens (including phenoxy) is 3. The molecule has 0 aliphatic carbocycles. The molecule has 0 radical (unpaired) electrons. The molecule has 0 aliphatic rings. The van der Waals surface area contributed by atoms with Crippen LogP contribution in [0.5, 0.6) is 0 Å². The number of rotatable bonds is 57. The largest absolute Gasteiger partial charge is 0.462 e. The van der Waals surface area contributed by atoms with Gasteiger partial charge in [-0.15, -0.1) is 0 Å². The van der Waals surface area contributed by atoms with E-state index in [1.54, 1.807) is 0 Å². The molecule has 1 unspecified atom stereocenters. The Labute approximate surface area is 447 Å². The summed E-state index contributed by atoms with van der Waals surface area (Å²) in [4.78, 5) is 38.0. The van der Waals surface area contributed by atoms with E-state index in [1.807, 2.05) is 6.08 Å². The minimum absolute atomic E-state index is 0.103. The lowest BCUT2D eigenvalue weighted by Crippen LogP contribution is -2.30. The van der Waals surface area contributed by atoms with E-state index < -0.39 is 6.10 Å². The Morgan fingerprint density at radius 2 is 0.583 bits per heavy atom. The van der Waals surface area contributed by atoms with Crippen LogP contribution in [0.2, 0.25) is 0 Å². The second-order valence-corrected chi connectivity index (χ2v) is 20.9. The molecule has 0 N–H and O–H groups in total. The van der Waals surface area contributed by atoms with Crippen molar-refractivity contribution in [1.82, 2.24) is 0 Å². The van der Waals surface area contributed by atoms with Crippen LogP contribution in [0.1, 0.15) is 323 Å². The van der Waals surface area contributed by atoms with Crippen LogP contribution in [-0.2, 0) is 28.6 Å². The smallest absolute Gasteiger partial charge is 0.306 e. The zero-order valence-electron chi connectivity index (χ0n) is 47.9. The van der Waals surface area contributed by atoms with E-state index in [2.05, 4.69) is 75.5 Å². The topological polar surface area (TPSA) is 78.9 Å². The Bertz CT molecular complexity index is 1290. The molecule has 6 heteroatoms. The highest BCUT2D eigenvalue weighted by molar-refractivity contribution is 5.71. The molecule has 72 heavy (non-hydrogen) atoms. The molecule has 0 aliphatic heterocycles. The van der Waals surface area contributed by atoms with Gasteiger partial charge in [0.2, 0.25) is 0 Å². The Morgan fingerprint density at radius 1 is 0.292 bits per heavy atom. The monoisotopic (exact) mass is 1010 g/mol. The standard InChI is InChI=1S/C66H118O6/c1-4-7-10-13-16-19-22-24-25-26-27-28-29-30-31-32-33-34-35-36-37-38-39-40-42-44-47-50-53-56-59-65(68)71-62-63(61-70-64(67)58-55-52-49-46-43-21-18-15-12-9-6-3)72-66(69)60-57-54-51-48-45-41-23-20-17-14-11-8-5-2/h8,11,15,17-18,20,41,45,51,54,63H,4-7,9-10,12-14,16,19,21-40,42-44,46-50,52-53,55-62H2,1-3H3/b11-8-,18-15-,20-17-,45-41-,54-51-. The molecule has 0 saturated carbocycles. The Balaban J connectivity index is 4.11. The molecule has 0 aromatic heterocycles. The van der Waals surface area contributed by atoms with E-state index in [4.69, 9.17) is 14.2 Å². The maximum absolute atomic E-state index is 12.8. The summed E-state index contributed by atoms with van der Waals surface area (Å²) in [5.74, 6) is -0.984. The van der Waals surface area contributed by atoms with Gasteiger partial charge in [-0.05, 0) is 64.2 Å². The van der Waals surface area contributed by atoms with Crippen LogP contribution >= 0.6 is 0 Å². The first-order valence-corrected chi connectivity index (χ1v) is 31.3. The molecule has 0 spiro atoms. The van der Waals surface area contributed by atoms with Crippen molar-refractivity contribution in [2.24, 2.45) is 0 Å². The number of unbranched alkanes of at least 4 members (excludes halogenated alkanes) is 36. The Hall–Kier alpha value is -2.89. The minimum Gasteiger partial charge on any atom is -0.462 e. The van der Waals surface area contributed by atoms with Crippen LogP contribution in [0.25, 0.3) is 0 Å². The van der Waals surface area contributed by atoms with Crippen LogP contribution in [0.4, 0.5) is 0 Å². The van der Waals surface area contributed by atoms with Crippen molar-refractivity contribution < 1.29 is 28.6 Å². The molecule has 0 heterocycles. The highest BCUT2D eigenvalue weighted by atomic mass is 16.6. The molecular formula is C66H118O6. The molecule has 418 valence electrons. The third-order valence-electron chi connectivity index (χ3n) is 13.8. The number of esters is 3. The molecule has 0 fully saturated rings. The molecule has 0 aromatic carbocycles. The summed E-state index contributed by atoms with van der Waals surface area (Å²) in [5, 5.41) is 0. The van der Waals surface area contributed by atoms with E-state index >= 15 is 0 Å². The summed E-state index contributed by atoms with van der Waals surface area (Å²) in [6.07, 6.45) is 77.1. The summed E-state index contributed by atoms with van der Waals surface area (Å²) < 4.78 is 16.8. The fraction of sp³-hybridized carbons (Fsp3) is 0.803. The average molecular weight is 1010 g/mol. The Morgan fingerprint density at radius 3 is 0.944 bits per heavy atom. The average Bonchev–Trinajstić information content (AvgIpc) is 3.38. The van der Waals surface area contributed by atoms with Crippen LogP contribution in [-0.4, -0.2) is 37.2 Å². The van der Waals surface area contributed by atoms with Gasteiger partial charge in [0, 0.05) is 19.3 Å². The minimum atomic E-state index is -0.813. The predicted octanol–water partition coefficient (Wildman–Crippen LogP) is 21.2. The lowest BCUT2D eigenvalue weighted by atomic mass is 10.0. The number of hydrogen-bond donors (Lipinski definition) is 0. The maximum atomic E-state index is 12.8. The van der Waals surface area contributed by atoms with E-state index in [1.165, 1.54) is 199 Å². The van der Waals surface area contributed by atoms with Crippen molar-refractivity contribution in [2.45, 2.75) is 329 Å². The van der Waals surface area contributed by atoms with Crippen molar-refractivity contribution in [3.05, 3.63) is 60.8 Å². The zero-order chi connectivity index (χ0) is 52.2. The van der Waals surface area contributed by atoms with E-state index in [0.29, 0.717) is 19.3 Å². The van der Waals surface area contributed by atoms with Gasteiger partial charge >= 0.3 is 17.9 Å². The van der Waals surface area contributed by atoms with Gasteiger partial charge in [-0.2, -0.15) is 0 Å². The number of carbonyl (C=O) groups is 3. The van der Waals surface area contributed by atoms with Crippen molar-refractivity contribution in [2.75, 3.05) is 13.2 Å². The van der Waals surface area contributed by atoms with Crippen LogP contribution in [0.3, 0.4) is 0 Å². The molecular weight excluding hydrogens is 889 g/mol. The zero-order valence-corrected chi connectivity index (χ0v) is 47.9. The quantitative estimate of drug-likeness (QED) is 0.0261. The second kappa shape index (κ2) is 60.7. The summed E-state index contributed by atoms with van der Waals surface area (Å²) in [7, 11) is 0. The molecule has 6 nitrogen and oxygen atoms in total. The highest BCUT2D eigenvalue weighted by Gasteiger charge is 2.19. The fourth-order valence-electron chi connectivity index (χ4n) is 9.09. The van der Waals surface area contributed by atoms with Gasteiger partial charge in [0.25, 0.3) is 0 Å². The summed E-state index contributed by atoms with van der Waals surface area (Å²) >= 11 is 0. The number of allylic oxidation sites excluding steroid dienone is 10. The molecule has 0 saturated heterocycles. The molecule has 0 rings (SSSR count). The fourth-order valence-corrected chi connectivity index (χ4v) is 9.09. The highest BCUT2D eigenvalue weighted by Crippen LogP contribution is 2.18. The summed E-state index contributed by atoms with van der Waals surface area (Å²) in [5.41, 5.74) is 0. The van der Waals surface area contributed by atoms with Gasteiger partial charge < -0.3 is 14.2 Å². The lowest BCUT2D eigenvalue weighted by molar-refractivity contribution is -0.166. The first-order valence-electron chi connectivity index (χ1n) is 31.3. The molecule has 0 amide bonds. The molecule has 0 aromatic rings. The predicted molar refractivity (Wildman–Crippen MR) is 312 cm³/mol. The lowest BCUT2D eigenvalue weighted by Gasteiger charge is -2.18. The third-order valence-corrected chi connectivity index (χ3v) is 13.8.